The van der Waals surface area contributed by atoms with Crippen molar-refractivity contribution in [3.63, 3.8) is 0 Å². The number of hydrogen-bond acceptors (Lipinski definition) is 3. The molecule has 0 aliphatic carbocycles. The monoisotopic (exact) mass is 383 g/mol. The van der Waals surface area contributed by atoms with Gasteiger partial charge >= 0.3 is 0 Å². The fraction of sp³-hybridized carbons (Fsp3) is 0.870. The third kappa shape index (κ3) is 7.95. The zero-order valence-corrected chi connectivity index (χ0v) is 19.6. The summed E-state index contributed by atoms with van der Waals surface area (Å²) in [6.45, 7) is 26.3. The topological polar surface area (TPSA) is 47.6 Å². The Kier molecular flexibility index (Phi) is 9.74. The fourth-order valence-corrected chi connectivity index (χ4v) is 3.04. The van der Waals surface area contributed by atoms with E-state index in [9.17, 15) is 4.79 Å². The maximum absolute atomic E-state index is 11.8. The summed E-state index contributed by atoms with van der Waals surface area (Å²) in [7, 11) is 0. The van der Waals surface area contributed by atoms with Crippen LogP contribution in [-0.2, 0) is 14.3 Å². The lowest BCUT2D eigenvalue weighted by molar-refractivity contribution is -0.142. The molecular weight excluding hydrogens is 338 g/mol. The van der Waals surface area contributed by atoms with Gasteiger partial charge in [-0.3, -0.25) is 4.79 Å². The minimum atomic E-state index is -0.320. The summed E-state index contributed by atoms with van der Waals surface area (Å²) in [6.07, 6.45) is 4.02. The van der Waals surface area contributed by atoms with Gasteiger partial charge in [-0.05, 0) is 65.4 Å². The van der Waals surface area contributed by atoms with Crippen molar-refractivity contribution in [2.75, 3.05) is 13.2 Å². The Balaban J connectivity index is 5.05. The van der Waals surface area contributed by atoms with Crippen molar-refractivity contribution in [1.82, 2.24) is 5.32 Å². The zero-order chi connectivity index (χ0) is 21.5. The first kappa shape index (κ1) is 26.1. The average molecular weight is 384 g/mol. The Labute approximate surface area is 168 Å². The van der Waals surface area contributed by atoms with Crippen LogP contribution in [0.25, 0.3) is 0 Å². The molecule has 0 aromatic heterocycles. The molecule has 0 radical (unpaired) electrons. The van der Waals surface area contributed by atoms with Crippen LogP contribution < -0.4 is 5.32 Å². The van der Waals surface area contributed by atoms with Crippen molar-refractivity contribution in [2.45, 2.75) is 105 Å². The van der Waals surface area contributed by atoms with Gasteiger partial charge < -0.3 is 14.8 Å². The number of nitrogens with one attached hydrogen (secondary N) is 1. The van der Waals surface area contributed by atoms with Gasteiger partial charge in [0.15, 0.2) is 0 Å². The molecule has 0 aromatic rings. The first-order valence-electron chi connectivity index (χ1n) is 10.4. The van der Waals surface area contributed by atoms with E-state index in [1.165, 1.54) is 6.08 Å². The second-order valence-corrected chi connectivity index (χ2v) is 9.86. The molecule has 0 bridgehead atoms. The number of ether oxygens (including phenoxy) is 2. The molecular formula is C23H45NO3. The van der Waals surface area contributed by atoms with Gasteiger partial charge in [-0.1, -0.05) is 41.2 Å². The normalized spacial score (nSPS) is 18.3. The minimum Gasteiger partial charge on any atom is -0.376 e. The summed E-state index contributed by atoms with van der Waals surface area (Å²) < 4.78 is 12.5. The van der Waals surface area contributed by atoms with Crippen molar-refractivity contribution in [1.29, 1.82) is 0 Å². The van der Waals surface area contributed by atoms with Gasteiger partial charge in [-0.15, -0.1) is 0 Å². The Morgan fingerprint density at radius 1 is 1.04 bits per heavy atom. The standard InChI is InChI=1S/C23H45NO3/c1-12-19(25)24-22(10,13-2)18(4)17-27-23(11,14-3)21(8,9)15-16-26-20(5,6)7/h12,18H,1,13-17H2,2-11H3,(H,24,25). The van der Waals surface area contributed by atoms with E-state index in [0.29, 0.717) is 13.2 Å². The van der Waals surface area contributed by atoms with Crippen LogP contribution in [0.3, 0.4) is 0 Å². The van der Waals surface area contributed by atoms with E-state index >= 15 is 0 Å². The van der Waals surface area contributed by atoms with Gasteiger partial charge in [-0.2, -0.15) is 0 Å². The molecule has 0 fully saturated rings. The van der Waals surface area contributed by atoms with Crippen LogP contribution >= 0.6 is 0 Å². The molecule has 0 spiro atoms. The Hall–Kier alpha value is -0.870. The first-order valence-corrected chi connectivity index (χ1v) is 10.4. The molecule has 0 heterocycles. The molecule has 4 nitrogen and oxygen atoms in total. The van der Waals surface area contributed by atoms with Crippen molar-refractivity contribution in [2.24, 2.45) is 11.3 Å². The summed E-state index contributed by atoms with van der Waals surface area (Å²) in [5.74, 6) is 0.0445. The highest BCUT2D eigenvalue weighted by Gasteiger charge is 2.42. The molecule has 1 amide bonds. The van der Waals surface area contributed by atoms with Crippen LogP contribution in [0.2, 0.25) is 0 Å². The largest absolute Gasteiger partial charge is 0.376 e. The van der Waals surface area contributed by atoms with E-state index < -0.39 is 0 Å². The van der Waals surface area contributed by atoms with E-state index in [2.05, 4.69) is 81.1 Å². The van der Waals surface area contributed by atoms with Gasteiger partial charge in [0, 0.05) is 18.1 Å². The van der Waals surface area contributed by atoms with Crippen LogP contribution in [0, 0.1) is 11.3 Å². The lowest BCUT2D eigenvalue weighted by Gasteiger charge is -2.46. The molecule has 0 saturated carbocycles. The maximum atomic E-state index is 11.8. The lowest BCUT2D eigenvalue weighted by atomic mass is 9.72. The lowest BCUT2D eigenvalue weighted by Crippen LogP contribution is -2.53. The molecule has 4 heteroatoms. The molecule has 0 aliphatic rings. The van der Waals surface area contributed by atoms with Crippen molar-refractivity contribution >= 4 is 5.91 Å². The smallest absolute Gasteiger partial charge is 0.243 e. The second kappa shape index (κ2) is 10.1. The molecule has 0 aromatic carbocycles. The van der Waals surface area contributed by atoms with Crippen LogP contribution in [0.15, 0.2) is 12.7 Å². The predicted octanol–water partition coefficient (Wildman–Crippen LogP) is 5.51. The summed E-state index contributed by atoms with van der Waals surface area (Å²) in [5, 5.41) is 3.08. The molecule has 3 unspecified atom stereocenters. The Morgan fingerprint density at radius 3 is 2.00 bits per heavy atom. The van der Waals surface area contributed by atoms with Crippen molar-refractivity contribution in [3.05, 3.63) is 12.7 Å². The third-order valence-electron chi connectivity index (χ3n) is 6.44. The number of rotatable bonds is 12. The summed E-state index contributed by atoms with van der Waals surface area (Å²) >= 11 is 0. The van der Waals surface area contributed by atoms with E-state index in [1.807, 2.05) is 0 Å². The first-order chi connectivity index (χ1) is 12.2. The van der Waals surface area contributed by atoms with E-state index in [-0.39, 0.29) is 34.0 Å². The van der Waals surface area contributed by atoms with Crippen molar-refractivity contribution < 1.29 is 14.3 Å². The third-order valence-corrected chi connectivity index (χ3v) is 6.44. The second-order valence-electron chi connectivity index (χ2n) is 9.86. The summed E-state index contributed by atoms with van der Waals surface area (Å²) in [4.78, 5) is 11.8. The Morgan fingerprint density at radius 2 is 1.59 bits per heavy atom. The average Bonchev–Trinajstić information content (AvgIpc) is 2.57. The van der Waals surface area contributed by atoms with Gasteiger partial charge in [0.25, 0.3) is 0 Å². The molecule has 27 heavy (non-hydrogen) atoms. The highest BCUT2D eigenvalue weighted by molar-refractivity contribution is 5.87. The number of amides is 1. The molecule has 160 valence electrons. The van der Waals surface area contributed by atoms with Crippen LogP contribution in [0.1, 0.15) is 88.5 Å². The van der Waals surface area contributed by atoms with Gasteiger partial charge in [-0.25, -0.2) is 0 Å². The summed E-state index contributed by atoms with van der Waals surface area (Å²) in [6, 6.07) is 0. The summed E-state index contributed by atoms with van der Waals surface area (Å²) in [5.41, 5.74) is -0.737. The molecule has 0 aliphatic heterocycles. The quantitative estimate of drug-likeness (QED) is 0.452. The molecule has 3 atom stereocenters. The zero-order valence-electron chi connectivity index (χ0n) is 19.6. The van der Waals surface area contributed by atoms with E-state index in [4.69, 9.17) is 9.47 Å². The molecule has 0 saturated heterocycles. The minimum absolute atomic E-state index is 0.0281. The number of carbonyl (C=O) groups is 1. The number of carbonyl (C=O) groups excluding carboxylic acids is 1. The van der Waals surface area contributed by atoms with E-state index in [1.54, 1.807) is 0 Å². The Bertz CT molecular complexity index is 481. The van der Waals surface area contributed by atoms with Gasteiger partial charge in [0.2, 0.25) is 5.91 Å². The van der Waals surface area contributed by atoms with E-state index in [0.717, 1.165) is 19.3 Å². The highest BCUT2D eigenvalue weighted by atomic mass is 16.5. The predicted molar refractivity (Wildman–Crippen MR) is 115 cm³/mol. The fourth-order valence-electron chi connectivity index (χ4n) is 3.04. The molecule has 0 rings (SSSR count). The number of hydrogen-bond donors (Lipinski definition) is 1. The van der Waals surface area contributed by atoms with Crippen LogP contribution in [-0.4, -0.2) is 35.9 Å². The SMILES string of the molecule is C=CC(=O)NC(C)(CC)C(C)COC(C)(CC)C(C)(C)CCOC(C)(C)C. The van der Waals surface area contributed by atoms with Gasteiger partial charge in [0.05, 0.1) is 17.8 Å². The highest BCUT2D eigenvalue weighted by Crippen LogP contribution is 2.41. The van der Waals surface area contributed by atoms with Crippen LogP contribution in [0.5, 0.6) is 0 Å². The van der Waals surface area contributed by atoms with Crippen LogP contribution in [0.4, 0.5) is 0 Å². The molecule has 1 N–H and O–H groups in total. The van der Waals surface area contributed by atoms with Gasteiger partial charge in [0.1, 0.15) is 0 Å². The van der Waals surface area contributed by atoms with Crippen molar-refractivity contribution in [3.8, 4) is 0 Å². The maximum Gasteiger partial charge on any atom is 0.243 e.